The second-order valence-corrected chi connectivity index (χ2v) is 7.37. The minimum Gasteiger partial charge on any atom is -0.420 e. The monoisotopic (exact) mass is 399 g/mol. The van der Waals surface area contributed by atoms with Gasteiger partial charge in [0.1, 0.15) is 5.82 Å². The van der Waals surface area contributed by atoms with Gasteiger partial charge in [-0.2, -0.15) is 0 Å². The van der Waals surface area contributed by atoms with E-state index in [1.807, 2.05) is 17.0 Å². The van der Waals surface area contributed by atoms with E-state index in [9.17, 15) is 9.18 Å². The lowest BCUT2D eigenvalue weighted by molar-refractivity contribution is -0.131. The van der Waals surface area contributed by atoms with Gasteiger partial charge in [0.25, 0.3) is 0 Å². The average molecular weight is 400 g/mol. The molecule has 1 aromatic heterocycles. The van der Waals surface area contributed by atoms with Gasteiger partial charge in [-0.15, -0.1) is 10.2 Å². The van der Waals surface area contributed by atoms with E-state index in [1.165, 1.54) is 12.1 Å². The first-order valence-electron chi connectivity index (χ1n) is 9.20. The SMILES string of the molecule is O=C(Cc1ccc(Cl)cc1)N1CCCC(c2nnc(-c3ccc(F)cc3)o2)C1. The van der Waals surface area contributed by atoms with E-state index in [2.05, 4.69) is 10.2 Å². The predicted molar refractivity (Wildman–Crippen MR) is 103 cm³/mol. The van der Waals surface area contributed by atoms with E-state index in [0.717, 1.165) is 24.9 Å². The molecule has 1 atom stereocenters. The smallest absolute Gasteiger partial charge is 0.247 e. The number of carbonyl (C=O) groups excluding carboxylic acids is 1. The highest BCUT2D eigenvalue weighted by Gasteiger charge is 2.28. The van der Waals surface area contributed by atoms with Crippen LogP contribution in [0.5, 0.6) is 0 Å². The van der Waals surface area contributed by atoms with Crippen molar-refractivity contribution in [3.05, 3.63) is 70.8 Å². The number of aromatic nitrogens is 2. The maximum Gasteiger partial charge on any atom is 0.247 e. The van der Waals surface area contributed by atoms with Crippen LogP contribution in [-0.4, -0.2) is 34.1 Å². The van der Waals surface area contributed by atoms with Crippen LogP contribution in [0, 0.1) is 5.82 Å². The number of amides is 1. The molecule has 0 aliphatic carbocycles. The van der Waals surface area contributed by atoms with Crippen LogP contribution in [0.2, 0.25) is 5.02 Å². The summed E-state index contributed by atoms with van der Waals surface area (Å²) in [5.41, 5.74) is 1.61. The van der Waals surface area contributed by atoms with Gasteiger partial charge in [0.05, 0.1) is 12.3 Å². The van der Waals surface area contributed by atoms with Gasteiger partial charge in [-0.1, -0.05) is 23.7 Å². The van der Waals surface area contributed by atoms with Gasteiger partial charge >= 0.3 is 0 Å². The number of nitrogens with zero attached hydrogens (tertiary/aromatic N) is 3. The number of piperidine rings is 1. The zero-order valence-electron chi connectivity index (χ0n) is 15.1. The van der Waals surface area contributed by atoms with Crippen LogP contribution in [-0.2, 0) is 11.2 Å². The zero-order valence-corrected chi connectivity index (χ0v) is 15.9. The first-order valence-corrected chi connectivity index (χ1v) is 9.58. The fourth-order valence-electron chi connectivity index (χ4n) is 3.40. The summed E-state index contributed by atoms with van der Waals surface area (Å²) in [5, 5.41) is 8.90. The molecule has 144 valence electrons. The normalized spacial score (nSPS) is 16.9. The van der Waals surface area contributed by atoms with Crippen LogP contribution in [0.15, 0.2) is 52.9 Å². The third-order valence-corrected chi connectivity index (χ3v) is 5.18. The Balaban J connectivity index is 1.43. The molecule has 1 amide bonds. The molecular weight excluding hydrogens is 381 g/mol. The van der Waals surface area contributed by atoms with Crippen molar-refractivity contribution in [2.24, 2.45) is 0 Å². The van der Waals surface area contributed by atoms with E-state index in [4.69, 9.17) is 16.0 Å². The number of benzene rings is 2. The summed E-state index contributed by atoms with van der Waals surface area (Å²) in [5.74, 6) is 0.642. The molecule has 5 nitrogen and oxygen atoms in total. The molecule has 2 aromatic carbocycles. The summed E-state index contributed by atoms with van der Waals surface area (Å²) in [6, 6.07) is 13.2. The van der Waals surface area contributed by atoms with E-state index >= 15 is 0 Å². The Morgan fingerprint density at radius 2 is 1.89 bits per heavy atom. The van der Waals surface area contributed by atoms with Crippen molar-refractivity contribution in [2.45, 2.75) is 25.2 Å². The third-order valence-electron chi connectivity index (χ3n) is 4.92. The fraction of sp³-hybridized carbons (Fsp3) is 0.286. The van der Waals surface area contributed by atoms with Crippen molar-refractivity contribution < 1.29 is 13.6 Å². The highest BCUT2D eigenvalue weighted by atomic mass is 35.5. The standard InChI is InChI=1S/C21H19ClFN3O2/c22-17-7-3-14(4-8-17)12-19(27)26-11-1-2-16(13-26)21-25-24-20(28-21)15-5-9-18(23)10-6-15/h3-10,16H,1-2,11-13H2. The Hall–Kier alpha value is -2.73. The topological polar surface area (TPSA) is 59.2 Å². The van der Waals surface area contributed by atoms with Gasteiger partial charge in [-0.25, -0.2) is 4.39 Å². The molecule has 0 bridgehead atoms. The Bertz CT molecular complexity index is 957. The Morgan fingerprint density at radius 3 is 2.64 bits per heavy atom. The van der Waals surface area contributed by atoms with Gasteiger partial charge in [-0.3, -0.25) is 4.79 Å². The summed E-state index contributed by atoms with van der Waals surface area (Å²) in [6.07, 6.45) is 2.11. The minimum atomic E-state index is -0.314. The van der Waals surface area contributed by atoms with Gasteiger partial charge in [0.15, 0.2) is 0 Å². The lowest BCUT2D eigenvalue weighted by atomic mass is 9.97. The van der Waals surface area contributed by atoms with Gasteiger partial charge < -0.3 is 9.32 Å². The van der Waals surface area contributed by atoms with E-state index in [1.54, 1.807) is 24.3 Å². The summed E-state index contributed by atoms with van der Waals surface area (Å²) in [4.78, 5) is 14.5. The highest BCUT2D eigenvalue weighted by molar-refractivity contribution is 6.30. The summed E-state index contributed by atoms with van der Waals surface area (Å²) in [6.45, 7) is 1.28. The average Bonchev–Trinajstić information content (AvgIpc) is 3.21. The first-order chi connectivity index (χ1) is 13.6. The van der Waals surface area contributed by atoms with Crippen LogP contribution < -0.4 is 0 Å². The Kier molecular flexibility index (Phi) is 5.39. The molecule has 7 heteroatoms. The van der Waals surface area contributed by atoms with Crippen LogP contribution in [0.1, 0.15) is 30.2 Å². The molecule has 0 saturated carbocycles. The van der Waals surface area contributed by atoms with Gasteiger partial charge in [0.2, 0.25) is 17.7 Å². The van der Waals surface area contributed by atoms with Crippen molar-refractivity contribution in [3.63, 3.8) is 0 Å². The summed E-state index contributed by atoms with van der Waals surface area (Å²) < 4.78 is 18.9. The van der Waals surface area contributed by atoms with Crippen molar-refractivity contribution in [2.75, 3.05) is 13.1 Å². The van der Waals surface area contributed by atoms with Crippen LogP contribution in [0.4, 0.5) is 4.39 Å². The van der Waals surface area contributed by atoms with Crippen LogP contribution in [0.3, 0.4) is 0 Å². The van der Waals surface area contributed by atoms with Crippen molar-refractivity contribution >= 4 is 17.5 Å². The molecule has 0 radical (unpaired) electrons. The molecule has 1 aliphatic rings. The molecule has 1 aliphatic heterocycles. The summed E-state index contributed by atoms with van der Waals surface area (Å²) >= 11 is 5.90. The molecule has 1 fully saturated rings. The molecule has 28 heavy (non-hydrogen) atoms. The number of halogens is 2. The Labute approximate surface area is 167 Å². The quantitative estimate of drug-likeness (QED) is 0.649. The van der Waals surface area contributed by atoms with Crippen molar-refractivity contribution in [1.82, 2.24) is 15.1 Å². The molecule has 0 spiro atoms. The van der Waals surface area contributed by atoms with Gasteiger partial charge in [0, 0.05) is 23.7 Å². The maximum absolute atomic E-state index is 13.1. The highest BCUT2D eigenvalue weighted by Crippen LogP contribution is 2.29. The van der Waals surface area contributed by atoms with Gasteiger partial charge in [-0.05, 0) is 54.8 Å². The number of hydrogen-bond donors (Lipinski definition) is 0. The Morgan fingerprint density at radius 1 is 1.14 bits per heavy atom. The first kappa shape index (κ1) is 18.6. The molecule has 1 saturated heterocycles. The van der Waals surface area contributed by atoms with Crippen LogP contribution >= 0.6 is 11.6 Å². The van der Waals surface area contributed by atoms with E-state index in [-0.39, 0.29) is 17.6 Å². The third kappa shape index (κ3) is 4.22. The second-order valence-electron chi connectivity index (χ2n) is 6.93. The molecule has 3 aromatic rings. The van der Waals surface area contributed by atoms with Crippen molar-refractivity contribution in [1.29, 1.82) is 0 Å². The fourth-order valence-corrected chi connectivity index (χ4v) is 3.53. The number of carbonyl (C=O) groups is 1. The molecular formula is C21H19ClFN3O2. The predicted octanol–water partition coefficient (Wildman–Crippen LogP) is 4.48. The number of likely N-dealkylation sites (tertiary alicyclic amines) is 1. The summed E-state index contributed by atoms with van der Waals surface area (Å²) in [7, 11) is 0. The zero-order chi connectivity index (χ0) is 19.5. The molecule has 2 heterocycles. The van der Waals surface area contributed by atoms with Crippen molar-refractivity contribution in [3.8, 4) is 11.5 Å². The number of rotatable bonds is 4. The van der Waals surface area contributed by atoms with E-state index in [0.29, 0.717) is 35.3 Å². The number of hydrogen-bond acceptors (Lipinski definition) is 4. The minimum absolute atomic E-state index is 0.00427. The largest absolute Gasteiger partial charge is 0.420 e. The second kappa shape index (κ2) is 8.10. The molecule has 1 unspecified atom stereocenters. The van der Waals surface area contributed by atoms with Crippen LogP contribution in [0.25, 0.3) is 11.5 Å². The lowest BCUT2D eigenvalue weighted by Gasteiger charge is -2.31. The van der Waals surface area contributed by atoms with E-state index < -0.39 is 0 Å². The maximum atomic E-state index is 13.1. The molecule has 0 N–H and O–H groups in total. The lowest BCUT2D eigenvalue weighted by Crippen LogP contribution is -2.40. The molecule has 4 rings (SSSR count).